The first kappa shape index (κ1) is 13.4. The lowest BCUT2D eigenvalue weighted by atomic mass is 10.1. The first-order chi connectivity index (χ1) is 8.70. The van der Waals surface area contributed by atoms with Crippen LogP contribution < -0.4 is 4.90 Å². The zero-order valence-electron chi connectivity index (χ0n) is 11.5. The fourth-order valence-electron chi connectivity index (χ4n) is 2.64. The summed E-state index contributed by atoms with van der Waals surface area (Å²) in [7, 11) is 0. The van der Waals surface area contributed by atoms with Gasteiger partial charge in [0, 0.05) is 44.0 Å². The lowest BCUT2D eigenvalue weighted by Crippen LogP contribution is -2.47. The molecule has 0 unspecified atom stereocenters. The first-order valence-electron chi connectivity index (χ1n) is 6.86. The van der Waals surface area contributed by atoms with Gasteiger partial charge in [-0.1, -0.05) is 32.0 Å². The van der Waals surface area contributed by atoms with Gasteiger partial charge in [-0.05, 0) is 12.0 Å². The molecule has 0 radical (unpaired) electrons. The monoisotopic (exact) mass is 248 g/mol. The average Bonchev–Trinajstić information content (AvgIpc) is 2.39. The van der Waals surface area contributed by atoms with Crippen molar-refractivity contribution in [3.63, 3.8) is 0 Å². The van der Waals surface area contributed by atoms with Crippen molar-refractivity contribution in [1.29, 1.82) is 0 Å². The molecule has 1 heterocycles. The molecule has 1 saturated heterocycles. The van der Waals surface area contributed by atoms with E-state index < -0.39 is 0 Å². The first-order valence-corrected chi connectivity index (χ1v) is 6.86. The second-order valence-electron chi connectivity index (χ2n) is 5.47. The Labute approximate surface area is 110 Å². The summed E-state index contributed by atoms with van der Waals surface area (Å²) in [5.74, 6) is 0.737. The largest absolute Gasteiger partial charge is 0.392 e. The number of aliphatic hydroxyl groups excluding tert-OH is 1. The van der Waals surface area contributed by atoms with Gasteiger partial charge in [-0.2, -0.15) is 0 Å². The lowest BCUT2D eigenvalue weighted by molar-refractivity contribution is 0.230. The molecule has 100 valence electrons. The molecule has 1 N–H and O–H groups in total. The minimum Gasteiger partial charge on any atom is -0.392 e. The number of piperazine rings is 1. The molecule has 18 heavy (non-hydrogen) atoms. The molecule has 1 aromatic rings. The molecule has 0 amide bonds. The van der Waals surface area contributed by atoms with Crippen LogP contribution in [-0.2, 0) is 6.61 Å². The van der Waals surface area contributed by atoms with Gasteiger partial charge in [-0.15, -0.1) is 0 Å². The summed E-state index contributed by atoms with van der Waals surface area (Å²) in [4.78, 5) is 4.92. The van der Waals surface area contributed by atoms with Crippen molar-refractivity contribution in [2.24, 2.45) is 5.92 Å². The van der Waals surface area contributed by atoms with Gasteiger partial charge in [-0.25, -0.2) is 0 Å². The summed E-state index contributed by atoms with van der Waals surface area (Å²) in [6.07, 6.45) is 0. The molecule has 0 atom stereocenters. The molecule has 3 nitrogen and oxygen atoms in total. The summed E-state index contributed by atoms with van der Waals surface area (Å²) >= 11 is 0. The van der Waals surface area contributed by atoms with Gasteiger partial charge in [-0.3, -0.25) is 4.90 Å². The van der Waals surface area contributed by atoms with E-state index in [1.54, 1.807) is 0 Å². The highest BCUT2D eigenvalue weighted by Gasteiger charge is 2.18. The number of aliphatic hydroxyl groups is 1. The Balaban J connectivity index is 1.97. The average molecular weight is 248 g/mol. The number of hydrogen-bond acceptors (Lipinski definition) is 3. The zero-order valence-corrected chi connectivity index (χ0v) is 11.5. The van der Waals surface area contributed by atoms with Gasteiger partial charge in [0.15, 0.2) is 0 Å². The van der Waals surface area contributed by atoms with Crippen molar-refractivity contribution in [3.05, 3.63) is 29.8 Å². The third kappa shape index (κ3) is 3.24. The van der Waals surface area contributed by atoms with Crippen LogP contribution in [0.3, 0.4) is 0 Å². The smallest absolute Gasteiger partial charge is 0.0702 e. The number of nitrogens with zero attached hydrogens (tertiary/aromatic N) is 2. The number of anilines is 1. The third-order valence-corrected chi connectivity index (χ3v) is 3.50. The molecule has 1 aliphatic heterocycles. The lowest BCUT2D eigenvalue weighted by Gasteiger charge is -2.37. The normalized spacial score (nSPS) is 17.4. The van der Waals surface area contributed by atoms with Crippen LogP contribution in [0.4, 0.5) is 5.69 Å². The second-order valence-corrected chi connectivity index (χ2v) is 5.47. The van der Waals surface area contributed by atoms with E-state index in [1.807, 2.05) is 12.1 Å². The molecule has 0 saturated carbocycles. The molecule has 1 aromatic carbocycles. The number of benzene rings is 1. The van der Waals surface area contributed by atoms with E-state index >= 15 is 0 Å². The predicted octanol–water partition coefficient (Wildman–Crippen LogP) is 1.96. The SMILES string of the molecule is CC(C)CN1CCN(c2ccccc2CO)CC1. The van der Waals surface area contributed by atoms with Crippen molar-refractivity contribution < 1.29 is 5.11 Å². The Morgan fingerprint density at radius 2 is 1.78 bits per heavy atom. The van der Waals surface area contributed by atoms with Gasteiger partial charge in [0.25, 0.3) is 0 Å². The predicted molar refractivity (Wildman–Crippen MR) is 75.9 cm³/mol. The molecule has 0 bridgehead atoms. The quantitative estimate of drug-likeness (QED) is 0.882. The van der Waals surface area contributed by atoms with Crippen LogP contribution in [0, 0.1) is 5.92 Å². The Kier molecular flexibility index (Phi) is 4.61. The van der Waals surface area contributed by atoms with Crippen LogP contribution in [0.15, 0.2) is 24.3 Å². The maximum atomic E-state index is 9.38. The third-order valence-electron chi connectivity index (χ3n) is 3.50. The number of rotatable bonds is 4. The molecule has 1 fully saturated rings. The minimum absolute atomic E-state index is 0.127. The maximum Gasteiger partial charge on any atom is 0.0702 e. The summed E-state index contributed by atoms with van der Waals surface area (Å²) in [5.41, 5.74) is 2.24. The molecule has 0 aliphatic carbocycles. The highest BCUT2D eigenvalue weighted by Crippen LogP contribution is 2.21. The van der Waals surface area contributed by atoms with E-state index in [4.69, 9.17) is 0 Å². The molecule has 0 aromatic heterocycles. The van der Waals surface area contributed by atoms with Crippen LogP contribution in [-0.4, -0.2) is 42.7 Å². The Morgan fingerprint density at radius 1 is 1.11 bits per heavy atom. The molecular formula is C15H24N2O. The van der Waals surface area contributed by atoms with Gasteiger partial charge < -0.3 is 10.0 Å². The highest BCUT2D eigenvalue weighted by molar-refractivity contribution is 5.53. The summed E-state index contributed by atoms with van der Waals surface area (Å²) < 4.78 is 0. The van der Waals surface area contributed by atoms with E-state index in [0.29, 0.717) is 0 Å². The maximum absolute atomic E-state index is 9.38. The minimum atomic E-state index is 0.127. The van der Waals surface area contributed by atoms with Crippen molar-refractivity contribution in [1.82, 2.24) is 4.90 Å². The van der Waals surface area contributed by atoms with Crippen molar-refractivity contribution >= 4 is 5.69 Å². The van der Waals surface area contributed by atoms with Gasteiger partial charge >= 0.3 is 0 Å². The Bertz CT molecular complexity index is 371. The van der Waals surface area contributed by atoms with Crippen molar-refractivity contribution in [3.8, 4) is 0 Å². The number of para-hydroxylation sites is 1. The van der Waals surface area contributed by atoms with Crippen molar-refractivity contribution in [2.45, 2.75) is 20.5 Å². The second kappa shape index (κ2) is 6.21. The van der Waals surface area contributed by atoms with E-state index in [1.165, 1.54) is 12.2 Å². The summed E-state index contributed by atoms with van der Waals surface area (Å²) in [6.45, 7) is 10.2. The van der Waals surface area contributed by atoms with Gasteiger partial charge in [0.2, 0.25) is 0 Å². The molecule has 1 aliphatic rings. The summed E-state index contributed by atoms with van der Waals surface area (Å²) in [6, 6.07) is 8.17. The van der Waals surface area contributed by atoms with Gasteiger partial charge in [0.05, 0.1) is 6.61 Å². The highest BCUT2D eigenvalue weighted by atomic mass is 16.3. The topological polar surface area (TPSA) is 26.7 Å². The summed E-state index contributed by atoms with van der Waals surface area (Å²) in [5, 5.41) is 9.38. The molecular weight excluding hydrogens is 224 g/mol. The number of hydrogen-bond donors (Lipinski definition) is 1. The van der Waals surface area contributed by atoms with Crippen LogP contribution >= 0.6 is 0 Å². The van der Waals surface area contributed by atoms with E-state index in [2.05, 4.69) is 35.8 Å². The van der Waals surface area contributed by atoms with Crippen LogP contribution in [0.25, 0.3) is 0 Å². The standard InChI is InChI=1S/C15H24N2O/c1-13(2)11-16-7-9-17(10-8-16)15-6-4-3-5-14(15)12-18/h3-6,13,18H,7-12H2,1-2H3. The van der Waals surface area contributed by atoms with Crippen LogP contribution in [0.5, 0.6) is 0 Å². The fourth-order valence-corrected chi connectivity index (χ4v) is 2.64. The Morgan fingerprint density at radius 3 is 2.39 bits per heavy atom. The van der Waals surface area contributed by atoms with Crippen molar-refractivity contribution in [2.75, 3.05) is 37.6 Å². The van der Waals surface area contributed by atoms with E-state index in [0.717, 1.165) is 37.7 Å². The van der Waals surface area contributed by atoms with E-state index in [9.17, 15) is 5.11 Å². The fraction of sp³-hybridized carbons (Fsp3) is 0.600. The van der Waals surface area contributed by atoms with Crippen LogP contribution in [0.2, 0.25) is 0 Å². The molecule has 2 rings (SSSR count). The molecule has 3 heteroatoms. The van der Waals surface area contributed by atoms with Gasteiger partial charge in [0.1, 0.15) is 0 Å². The van der Waals surface area contributed by atoms with Crippen LogP contribution in [0.1, 0.15) is 19.4 Å². The zero-order chi connectivity index (χ0) is 13.0. The molecule has 0 spiro atoms. The Hall–Kier alpha value is -1.06. The van der Waals surface area contributed by atoms with E-state index in [-0.39, 0.29) is 6.61 Å².